The number of rotatable bonds is 4. The molecule has 1 fully saturated rings. The number of aromatic nitrogens is 2. The Morgan fingerprint density at radius 1 is 1.07 bits per heavy atom. The summed E-state index contributed by atoms with van der Waals surface area (Å²) in [7, 11) is -3.75. The molecule has 0 bridgehead atoms. The van der Waals surface area contributed by atoms with E-state index in [1.165, 1.54) is 12.1 Å². The van der Waals surface area contributed by atoms with Gasteiger partial charge in [0, 0.05) is 30.4 Å². The number of carbonyl (C=O) groups is 1. The first-order valence-electron chi connectivity index (χ1n) is 8.87. The van der Waals surface area contributed by atoms with Gasteiger partial charge in [0.05, 0.1) is 16.0 Å². The highest BCUT2D eigenvalue weighted by Gasteiger charge is 2.22. The number of para-hydroxylation sites is 1. The Labute approximate surface area is 162 Å². The molecule has 3 N–H and O–H groups in total. The maximum atomic E-state index is 12.8. The second-order valence-electron chi connectivity index (χ2n) is 6.63. The highest BCUT2D eigenvalue weighted by molar-refractivity contribution is 7.89. The Bertz CT molecular complexity index is 1140. The number of amides is 1. The molecule has 1 aliphatic heterocycles. The van der Waals surface area contributed by atoms with Gasteiger partial charge in [0.1, 0.15) is 0 Å². The van der Waals surface area contributed by atoms with Gasteiger partial charge in [-0.3, -0.25) is 4.79 Å². The zero-order chi connectivity index (χ0) is 19.7. The highest BCUT2D eigenvalue weighted by atomic mass is 32.2. The first kappa shape index (κ1) is 18.3. The van der Waals surface area contributed by atoms with Gasteiger partial charge < -0.3 is 10.2 Å². The molecule has 0 spiro atoms. The fraction of sp³-hybridized carbons (Fsp3) is 0.211. The van der Waals surface area contributed by atoms with Crippen LogP contribution in [-0.4, -0.2) is 42.3 Å². The molecule has 0 saturated carbocycles. The van der Waals surface area contributed by atoms with E-state index in [2.05, 4.69) is 15.3 Å². The summed E-state index contributed by atoms with van der Waals surface area (Å²) in [5.41, 5.74) is 1.74. The molecule has 8 nitrogen and oxygen atoms in total. The number of hydrogen-bond acceptors (Lipinski definition) is 6. The second kappa shape index (κ2) is 7.17. The van der Waals surface area contributed by atoms with Crippen LogP contribution in [0.15, 0.2) is 53.6 Å². The van der Waals surface area contributed by atoms with Gasteiger partial charge in [-0.05, 0) is 43.2 Å². The van der Waals surface area contributed by atoms with E-state index in [4.69, 9.17) is 5.14 Å². The zero-order valence-electron chi connectivity index (χ0n) is 15.0. The van der Waals surface area contributed by atoms with Crippen molar-refractivity contribution in [1.82, 2.24) is 14.9 Å². The molecule has 1 saturated heterocycles. The van der Waals surface area contributed by atoms with Crippen molar-refractivity contribution in [2.75, 3.05) is 18.4 Å². The Kier molecular flexibility index (Phi) is 4.70. The Hall–Kier alpha value is -3.04. The van der Waals surface area contributed by atoms with Gasteiger partial charge >= 0.3 is 0 Å². The molecule has 144 valence electrons. The molecule has 28 heavy (non-hydrogen) atoms. The van der Waals surface area contributed by atoms with Crippen LogP contribution in [0.3, 0.4) is 0 Å². The van der Waals surface area contributed by atoms with Crippen molar-refractivity contribution in [3.05, 3.63) is 54.2 Å². The van der Waals surface area contributed by atoms with Gasteiger partial charge in [-0.1, -0.05) is 12.1 Å². The quantitative estimate of drug-likeness (QED) is 0.697. The number of nitrogens with one attached hydrogen (secondary N) is 1. The molecule has 4 rings (SSSR count). The molecule has 2 heterocycles. The van der Waals surface area contributed by atoms with E-state index in [9.17, 15) is 13.2 Å². The number of sulfonamides is 1. The third-order valence-corrected chi connectivity index (χ3v) is 5.60. The van der Waals surface area contributed by atoms with E-state index in [-0.39, 0.29) is 10.8 Å². The predicted octanol–water partition coefficient (Wildman–Crippen LogP) is 2.26. The summed E-state index contributed by atoms with van der Waals surface area (Å²) in [4.78, 5) is 23.5. The number of nitrogens with zero attached hydrogens (tertiary/aromatic N) is 3. The van der Waals surface area contributed by atoms with Crippen molar-refractivity contribution in [3.8, 4) is 0 Å². The van der Waals surface area contributed by atoms with Crippen molar-refractivity contribution < 1.29 is 13.2 Å². The van der Waals surface area contributed by atoms with Gasteiger partial charge in [-0.15, -0.1) is 0 Å². The fourth-order valence-electron chi connectivity index (χ4n) is 3.24. The zero-order valence-corrected chi connectivity index (χ0v) is 15.8. The molecule has 9 heteroatoms. The number of anilines is 2. The van der Waals surface area contributed by atoms with Crippen molar-refractivity contribution in [1.29, 1.82) is 0 Å². The van der Waals surface area contributed by atoms with Gasteiger partial charge in [0.2, 0.25) is 16.0 Å². The van der Waals surface area contributed by atoms with Crippen LogP contribution in [0.1, 0.15) is 23.2 Å². The van der Waals surface area contributed by atoms with Crippen molar-refractivity contribution in [2.24, 2.45) is 5.14 Å². The minimum absolute atomic E-state index is 0.0229. The standard InChI is InChI=1S/C19H19N5O3S/c20-28(26,27)15-8-6-14(7-9-15)22-19-21-12-13-4-3-5-16(17(13)23-19)18(25)24-10-1-2-11-24/h3-9,12H,1-2,10-11H2,(H2,20,26,27)(H,21,22,23). The summed E-state index contributed by atoms with van der Waals surface area (Å²) in [5, 5.41) is 8.92. The Morgan fingerprint density at radius 3 is 2.46 bits per heavy atom. The predicted molar refractivity (Wildman–Crippen MR) is 106 cm³/mol. The van der Waals surface area contributed by atoms with E-state index in [0.717, 1.165) is 31.3 Å². The van der Waals surface area contributed by atoms with E-state index < -0.39 is 10.0 Å². The summed E-state index contributed by atoms with van der Waals surface area (Å²) in [6, 6.07) is 11.4. The van der Waals surface area contributed by atoms with Crippen LogP contribution < -0.4 is 10.5 Å². The number of primary sulfonamides is 1. The normalized spacial score (nSPS) is 14.4. The van der Waals surface area contributed by atoms with Gasteiger partial charge in [-0.2, -0.15) is 0 Å². The lowest BCUT2D eigenvalue weighted by molar-refractivity contribution is 0.0794. The number of hydrogen-bond donors (Lipinski definition) is 2. The molecular formula is C19H19N5O3S. The monoisotopic (exact) mass is 397 g/mol. The van der Waals surface area contributed by atoms with Crippen molar-refractivity contribution in [2.45, 2.75) is 17.7 Å². The van der Waals surface area contributed by atoms with Gasteiger partial charge in [-0.25, -0.2) is 23.5 Å². The van der Waals surface area contributed by atoms with Gasteiger partial charge in [0.15, 0.2) is 0 Å². The number of likely N-dealkylation sites (tertiary alicyclic amines) is 1. The fourth-order valence-corrected chi connectivity index (χ4v) is 3.75. The average Bonchev–Trinajstić information content (AvgIpc) is 3.21. The van der Waals surface area contributed by atoms with Crippen LogP contribution in [0, 0.1) is 0 Å². The molecule has 2 aromatic carbocycles. The first-order valence-corrected chi connectivity index (χ1v) is 10.4. The van der Waals surface area contributed by atoms with E-state index in [1.807, 2.05) is 17.0 Å². The smallest absolute Gasteiger partial charge is 0.256 e. The summed E-state index contributed by atoms with van der Waals surface area (Å²) in [6.07, 6.45) is 3.70. The molecule has 0 atom stereocenters. The molecule has 1 aromatic heterocycles. The third-order valence-electron chi connectivity index (χ3n) is 4.67. The minimum Gasteiger partial charge on any atom is -0.339 e. The average molecular weight is 397 g/mol. The molecule has 0 unspecified atom stereocenters. The molecule has 0 aliphatic carbocycles. The summed E-state index contributed by atoms with van der Waals surface area (Å²) >= 11 is 0. The molecule has 3 aromatic rings. The highest BCUT2D eigenvalue weighted by Crippen LogP contribution is 2.23. The lowest BCUT2D eigenvalue weighted by Gasteiger charge is -2.16. The van der Waals surface area contributed by atoms with Crippen LogP contribution in [0.4, 0.5) is 11.6 Å². The van der Waals surface area contributed by atoms with Crippen molar-refractivity contribution in [3.63, 3.8) is 0 Å². The Morgan fingerprint density at radius 2 is 1.79 bits per heavy atom. The van der Waals surface area contributed by atoms with Crippen LogP contribution in [-0.2, 0) is 10.0 Å². The van der Waals surface area contributed by atoms with E-state index in [0.29, 0.717) is 22.7 Å². The second-order valence-corrected chi connectivity index (χ2v) is 8.19. The summed E-state index contributed by atoms with van der Waals surface area (Å²) in [6.45, 7) is 1.53. The number of fused-ring (bicyclic) bond motifs is 1. The van der Waals surface area contributed by atoms with E-state index in [1.54, 1.807) is 24.4 Å². The first-order chi connectivity index (χ1) is 13.4. The van der Waals surface area contributed by atoms with Crippen LogP contribution in [0.5, 0.6) is 0 Å². The van der Waals surface area contributed by atoms with Gasteiger partial charge in [0.25, 0.3) is 5.91 Å². The molecule has 1 amide bonds. The maximum Gasteiger partial charge on any atom is 0.256 e. The maximum absolute atomic E-state index is 12.8. The minimum atomic E-state index is -3.75. The summed E-state index contributed by atoms with van der Waals surface area (Å²) < 4.78 is 22.7. The Balaban J connectivity index is 1.65. The topological polar surface area (TPSA) is 118 Å². The third kappa shape index (κ3) is 3.67. The summed E-state index contributed by atoms with van der Waals surface area (Å²) in [5.74, 6) is 0.294. The lowest BCUT2D eigenvalue weighted by atomic mass is 10.1. The lowest BCUT2D eigenvalue weighted by Crippen LogP contribution is -2.27. The number of benzene rings is 2. The van der Waals surface area contributed by atoms with Crippen LogP contribution in [0.25, 0.3) is 10.9 Å². The molecular weight excluding hydrogens is 378 g/mol. The SMILES string of the molecule is NS(=O)(=O)c1ccc(Nc2ncc3cccc(C(=O)N4CCCC4)c3n2)cc1. The molecule has 0 radical (unpaired) electrons. The largest absolute Gasteiger partial charge is 0.339 e. The van der Waals surface area contributed by atoms with Crippen LogP contribution >= 0.6 is 0 Å². The van der Waals surface area contributed by atoms with E-state index >= 15 is 0 Å². The number of carbonyl (C=O) groups excluding carboxylic acids is 1. The van der Waals surface area contributed by atoms with Crippen LogP contribution in [0.2, 0.25) is 0 Å². The molecule has 1 aliphatic rings. The van der Waals surface area contributed by atoms with Crippen molar-refractivity contribution >= 4 is 38.5 Å². The number of nitrogens with two attached hydrogens (primary N) is 1.